The fraction of sp³-hybridized carbons (Fsp3) is 0.286. The molecule has 2 aromatic heterocycles. The van der Waals surface area contributed by atoms with E-state index in [9.17, 15) is 17.6 Å². The third-order valence-electron chi connectivity index (χ3n) is 5.53. The molecule has 1 aliphatic rings. The largest absolute Gasteiger partial charge is 0.302 e. The van der Waals surface area contributed by atoms with Gasteiger partial charge in [-0.3, -0.25) is 4.79 Å². The van der Waals surface area contributed by atoms with Crippen LogP contribution in [0.4, 0.5) is 9.52 Å². The molecular weight excluding hydrogens is 471 g/mol. The summed E-state index contributed by atoms with van der Waals surface area (Å²) in [7, 11) is -3.70. The second-order valence-corrected chi connectivity index (χ2v) is 11.8. The highest BCUT2D eigenvalue weighted by Crippen LogP contribution is 2.36. The maximum absolute atomic E-state index is 13.1. The zero-order valence-electron chi connectivity index (χ0n) is 17.0. The Hall–Kier alpha value is -2.47. The zero-order valence-corrected chi connectivity index (χ0v) is 19.5. The quantitative estimate of drug-likeness (QED) is 0.458. The summed E-state index contributed by atoms with van der Waals surface area (Å²) in [5.74, 6) is -0.938. The van der Waals surface area contributed by atoms with Gasteiger partial charge in [0.2, 0.25) is 15.9 Å². The predicted molar refractivity (Wildman–Crippen MR) is 124 cm³/mol. The number of piperidine rings is 1. The first kappa shape index (κ1) is 21.4. The van der Waals surface area contributed by atoms with Crippen molar-refractivity contribution in [1.82, 2.24) is 14.3 Å². The van der Waals surface area contributed by atoms with Crippen LogP contribution in [0.1, 0.15) is 17.8 Å². The molecule has 32 heavy (non-hydrogen) atoms. The number of hydrogen-bond donors (Lipinski definition) is 1. The number of rotatable bonds is 4. The molecule has 1 aliphatic heterocycles. The molecule has 11 heteroatoms. The van der Waals surface area contributed by atoms with Crippen molar-refractivity contribution in [3.8, 4) is 0 Å². The molecule has 4 aromatic rings. The van der Waals surface area contributed by atoms with Crippen LogP contribution in [0.15, 0.2) is 41.3 Å². The smallest absolute Gasteiger partial charge is 0.243 e. The summed E-state index contributed by atoms with van der Waals surface area (Å²) >= 11 is 3.03. The van der Waals surface area contributed by atoms with Gasteiger partial charge in [-0.2, -0.15) is 4.31 Å². The molecule has 0 atom stereocenters. The second kappa shape index (κ2) is 8.14. The number of halogens is 1. The summed E-state index contributed by atoms with van der Waals surface area (Å²) in [6.45, 7) is 2.43. The number of aryl methyl sites for hydroxylation is 1. The van der Waals surface area contributed by atoms with Crippen molar-refractivity contribution in [1.29, 1.82) is 0 Å². The van der Waals surface area contributed by atoms with Crippen LogP contribution in [-0.4, -0.2) is 41.7 Å². The summed E-state index contributed by atoms with van der Waals surface area (Å²) in [4.78, 5) is 21.9. The van der Waals surface area contributed by atoms with Crippen LogP contribution in [0, 0.1) is 18.7 Å². The van der Waals surface area contributed by atoms with Gasteiger partial charge in [-0.25, -0.2) is 22.8 Å². The van der Waals surface area contributed by atoms with Crippen LogP contribution in [0.25, 0.3) is 20.4 Å². The minimum atomic E-state index is -3.70. The summed E-state index contributed by atoms with van der Waals surface area (Å²) in [6.07, 6.45) is 0.824. The van der Waals surface area contributed by atoms with E-state index < -0.39 is 15.8 Å². The number of nitrogens with zero attached hydrogens (tertiary/aromatic N) is 3. The zero-order chi connectivity index (χ0) is 22.5. The third-order valence-corrected chi connectivity index (χ3v) is 9.58. The Morgan fingerprint density at radius 2 is 1.66 bits per heavy atom. The van der Waals surface area contributed by atoms with Crippen LogP contribution in [0.2, 0.25) is 0 Å². The van der Waals surface area contributed by atoms with Crippen molar-refractivity contribution in [3.05, 3.63) is 47.2 Å². The van der Waals surface area contributed by atoms with E-state index in [1.165, 1.54) is 27.8 Å². The number of carbonyl (C=O) groups is 1. The number of benzene rings is 2. The third kappa shape index (κ3) is 3.90. The lowest BCUT2D eigenvalue weighted by Crippen LogP contribution is -2.41. The standard InChI is InChI=1S/C21H19FN4O3S3/c1-12-23-16-6-7-17-19(18(16)30-12)31-21(24-17)25-20(27)13-8-10-26(11-9-13)32(28,29)15-4-2-14(22)3-5-15/h2-7,13H,8-11H2,1H3,(H,24,25,27). The fourth-order valence-electron chi connectivity index (χ4n) is 3.86. The van der Waals surface area contributed by atoms with Gasteiger partial charge < -0.3 is 5.32 Å². The highest BCUT2D eigenvalue weighted by Gasteiger charge is 2.32. The van der Waals surface area contributed by atoms with Crippen molar-refractivity contribution in [2.24, 2.45) is 5.92 Å². The van der Waals surface area contributed by atoms with Gasteiger partial charge >= 0.3 is 0 Å². The van der Waals surface area contributed by atoms with E-state index in [1.54, 1.807) is 11.3 Å². The average molecular weight is 491 g/mol. The minimum absolute atomic E-state index is 0.0564. The number of hydrogen-bond acceptors (Lipinski definition) is 7. The summed E-state index contributed by atoms with van der Waals surface area (Å²) in [5, 5.41) is 4.42. The molecule has 7 nitrogen and oxygen atoms in total. The SMILES string of the molecule is Cc1nc2ccc3nc(NC(=O)C4CCN(S(=O)(=O)c5ccc(F)cc5)CC4)sc3c2s1. The number of carbonyl (C=O) groups excluding carboxylic acids is 1. The normalized spacial score (nSPS) is 16.1. The van der Waals surface area contributed by atoms with Crippen LogP contribution in [0.3, 0.4) is 0 Å². The summed E-state index contributed by atoms with van der Waals surface area (Å²) < 4.78 is 42.1. The topological polar surface area (TPSA) is 92.3 Å². The minimum Gasteiger partial charge on any atom is -0.302 e. The number of fused-ring (bicyclic) bond motifs is 3. The number of thiazole rings is 2. The Kier molecular flexibility index (Phi) is 5.44. The van der Waals surface area contributed by atoms with Crippen molar-refractivity contribution in [3.63, 3.8) is 0 Å². The lowest BCUT2D eigenvalue weighted by Gasteiger charge is -2.30. The highest BCUT2D eigenvalue weighted by molar-refractivity contribution is 7.89. The van der Waals surface area contributed by atoms with Gasteiger partial charge in [-0.1, -0.05) is 11.3 Å². The Morgan fingerprint density at radius 1 is 1.03 bits per heavy atom. The molecule has 0 aliphatic carbocycles. The maximum Gasteiger partial charge on any atom is 0.243 e. The Balaban J connectivity index is 1.26. The van der Waals surface area contributed by atoms with E-state index in [4.69, 9.17) is 0 Å². The molecule has 1 N–H and O–H groups in total. The van der Waals surface area contributed by atoms with Crippen LogP contribution < -0.4 is 5.32 Å². The van der Waals surface area contributed by atoms with Gasteiger partial charge in [0.25, 0.3) is 0 Å². The molecule has 3 heterocycles. The van der Waals surface area contributed by atoms with Gasteiger partial charge in [0.1, 0.15) is 5.82 Å². The number of nitrogens with one attached hydrogen (secondary N) is 1. The van der Waals surface area contributed by atoms with Crippen molar-refractivity contribution in [2.45, 2.75) is 24.7 Å². The second-order valence-electron chi connectivity index (χ2n) is 7.64. The van der Waals surface area contributed by atoms with Crippen LogP contribution in [0.5, 0.6) is 0 Å². The lowest BCUT2D eigenvalue weighted by molar-refractivity contribution is -0.120. The van der Waals surface area contributed by atoms with Gasteiger partial charge in [-0.15, -0.1) is 11.3 Å². The Morgan fingerprint density at radius 3 is 2.34 bits per heavy atom. The molecule has 166 valence electrons. The van der Waals surface area contributed by atoms with Crippen molar-refractivity contribution >= 4 is 64.2 Å². The van der Waals surface area contributed by atoms with E-state index >= 15 is 0 Å². The molecule has 1 fully saturated rings. The summed E-state index contributed by atoms with van der Waals surface area (Å²) in [6, 6.07) is 8.63. The molecule has 2 aromatic carbocycles. The van der Waals surface area contributed by atoms with E-state index in [0.29, 0.717) is 18.0 Å². The first-order valence-electron chi connectivity index (χ1n) is 10.0. The van der Waals surface area contributed by atoms with E-state index in [-0.39, 0.29) is 29.8 Å². The molecule has 0 radical (unpaired) electrons. The van der Waals surface area contributed by atoms with Gasteiger partial charge in [0.15, 0.2) is 5.13 Å². The monoisotopic (exact) mass is 490 g/mol. The van der Waals surface area contributed by atoms with Gasteiger partial charge in [0, 0.05) is 19.0 Å². The van der Waals surface area contributed by atoms with Gasteiger partial charge in [-0.05, 0) is 56.2 Å². The molecule has 5 rings (SSSR count). The molecular formula is C21H19FN4O3S3. The predicted octanol–water partition coefficient (Wildman–Crippen LogP) is 4.39. The van der Waals surface area contributed by atoms with Crippen molar-refractivity contribution < 1.29 is 17.6 Å². The number of anilines is 1. The van der Waals surface area contributed by atoms with Crippen LogP contribution >= 0.6 is 22.7 Å². The molecule has 0 saturated carbocycles. The Labute approximate surface area is 192 Å². The lowest BCUT2D eigenvalue weighted by atomic mass is 9.97. The fourth-order valence-corrected chi connectivity index (χ4v) is 7.34. The maximum atomic E-state index is 13.1. The number of aromatic nitrogens is 2. The van der Waals surface area contributed by atoms with Crippen LogP contribution in [-0.2, 0) is 14.8 Å². The van der Waals surface area contributed by atoms with E-state index in [2.05, 4.69) is 15.3 Å². The number of amides is 1. The van der Waals surface area contributed by atoms with Gasteiger partial charge in [0.05, 0.1) is 30.3 Å². The molecule has 1 saturated heterocycles. The first-order chi connectivity index (χ1) is 15.3. The molecule has 0 unspecified atom stereocenters. The van der Waals surface area contributed by atoms with Crippen molar-refractivity contribution in [2.75, 3.05) is 18.4 Å². The van der Waals surface area contributed by atoms with E-state index in [1.807, 2.05) is 19.1 Å². The first-order valence-corrected chi connectivity index (χ1v) is 13.1. The number of sulfonamides is 1. The highest BCUT2D eigenvalue weighted by atomic mass is 32.2. The average Bonchev–Trinajstić information content (AvgIpc) is 3.36. The summed E-state index contributed by atoms with van der Waals surface area (Å²) in [5.41, 5.74) is 1.75. The Bertz CT molecular complexity index is 1420. The molecule has 0 bridgehead atoms. The molecule has 0 spiro atoms. The van der Waals surface area contributed by atoms with E-state index in [0.717, 1.165) is 37.6 Å². The molecule has 1 amide bonds.